The summed E-state index contributed by atoms with van der Waals surface area (Å²) >= 11 is 0. The van der Waals surface area contributed by atoms with Crippen molar-refractivity contribution in [3.63, 3.8) is 0 Å². The zero-order chi connectivity index (χ0) is 16.5. The quantitative estimate of drug-likeness (QED) is 0.803. The third kappa shape index (κ3) is 2.38. The highest BCUT2D eigenvalue weighted by Crippen LogP contribution is 2.22. The van der Waals surface area contributed by atoms with Crippen molar-refractivity contribution in [3.05, 3.63) is 77.1 Å². The van der Waals surface area contributed by atoms with Gasteiger partial charge in [0.25, 0.3) is 5.91 Å². The Kier molecular flexibility index (Phi) is 3.42. The van der Waals surface area contributed by atoms with Gasteiger partial charge in [-0.25, -0.2) is 4.68 Å². The smallest absolute Gasteiger partial charge is 0.251 e. The van der Waals surface area contributed by atoms with Crippen molar-refractivity contribution in [2.24, 2.45) is 4.99 Å². The number of carbonyl (C=O) groups is 1. The minimum atomic E-state index is -0.113. The molecule has 1 N–H and O–H groups in total. The van der Waals surface area contributed by atoms with E-state index in [1.165, 1.54) is 5.56 Å². The van der Waals surface area contributed by atoms with Crippen molar-refractivity contribution >= 4 is 11.6 Å². The van der Waals surface area contributed by atoms with Crippen molar-refractivity contribution in [1.29, 1.82) is 0 Å². The van der Waals surface area contributed by atoms with Crippen molar-refractivity contribution in [3.8, 4) is 5.69 Å². The maximum atomic E-state index is 11.6. The average Bonchev–Trinajstić information content (AvgIpc) is 3.28. The Hall–Kier alpha value is -3.28. The molecule has 0 radical (unpaired) electrons. The minimum Gasteiger partial charge on any atom is -0.355 e. The first kappa shape index (κ1) is 14.3. The van der Waals surface area contributed by atoms with Crippen LogP contribution in [0.4, 0.5) is 0 Å². The van der Waals surface area contributed by atoms with E-state index in [-0.39, 0.29) is 5.91 Å². The number of nitrogens with zero attached hydrogens (tertiary/aromatic N) is 4. The summed E-state index contributed by atoms with van der Waals surface area (Å²) in [5, 5.41) is 11.0. The summed E-state index contributed by atoms with van der Waals surface area (Å²) in [6, 6.07) is 15.4. The number of nitrogens with one attached hydrogen (secondary N) is 1. The van der Waals surface area contributed by atoms with E-state index < -0.39 is 0 Å². The van der Waals surface area contributed by atoms with E-state index in [0.29, 0.717) is 12.1 Å². The van der Waals surface area contributed by atoms with Gasteiger partial charge in [0, 0.05) is 18.2 Å². The van der Waals surface area contributed by atoms with Gasteiger partial charge in [0.2, 0.25) is 0 Å². The summed E-state index contributed by atoms with van der Waals surface area (Å²) in [4.78, 5) is 16.2. The van der Waals surface area contributed by atoms with Crippen LogP contribution in [-0.2, 0) is 6.54 Å². The number of fused-ring (bicyclic) bond motifs is 1. The second kappa shape index (κ2) is 5.73. The minimum absolute atomic E-state index is 0.113. The number of carbonyl (C=O) groups excluding carboxylic acids is 1. The second-order valence-corrected chi connectivity index (χ2v) is 5.50. The van der Waals surface area contributed by atoms with Crippen LogP contribution in [0.15, 0.2) is 59.7 Å². The number of hydrogen-bond donors (Lipinski definition) is 1. The lowest BCUT2D eigenvalue weighted by atomic mass is 10.0. The van der Waals surface area contributed by atoms with Gasteiger partial charge in [-0.15, -0.1) is 5.10 Å². The molecule has 4 rings (SSSR count). The molecule has 1 amide bonds. The van der Waals surface area contributed by atoms with Gasteiger partial charge < -0.3 is 5.32 Å². The van der Waals surface area contributed by atoms with Gasteiger partial charge in [-0.1, -0.05) is 29.5 Å². The molecule has 6 nitrogen and oxygen atoms in total. The Morgan fingerprint density at radius 2 is 1.92 bits per heavy atom. The predicted molar refractivity (Wildman–Crippen MR) is 90.5 cm³/mol. The van der Waals surface area contributed by atoms with E-state index in [1.807, 2.05) is 30.5 Å². The van der Waals surface area contributed by atoms with Crippen LogP contribution < -0.4 is 5.32 Å². The molecule has 0 saturated heterocycles. The lowest BCUT2D eigenvalue weighted by Gasteiger charge is -2.02. The van der Waals surface area contributed by atoms with Crippen LogP contribution in [0.3, 0.4) is 0 Å². The largest absolute Gasteiger partial charge is 0.355 e. The lowest BCUT2D eigenvalue weighted by molar-refractivity contribution is 0.0963. The number of hydrogen-bond acceptors (Lipinski definition) is 4. The maximum Gasteiger partial charge on any atom is 0.251 e. The Labute approximate surface area is 138 Å². The number of amides is 1. The van der Waals surface area contributed by atoms with E-state index in [9.17, 15) is 4.79 Å². The third-order valence-corrected chi connectivity index (χ3v) is 4.04. The van der Waals surface area contributed by atoms with Gasteiger partial charge in [0.15, 0.2) is 0 Å². The van der Waals surface area contributed by atoms with Crippen LogP contribution in [0.2, 0.25) is 0 Å². The molecule has 1 aliphatic heterocycles. The number of aromatic nitrogens is 3. The van der Waals surface area contributed by atoms with E-state index >= 15 is 0 Å². The molecule has 1 aromatic heterocycles. The van der Waals surface area contributed by atoms with Gasteiger partial charge in [0.05, 0.1) is 24.1 Å². The summed E-state index contributed by atoms with van der Waals surface area (Å²) in [6.07, 6.45) is 1.86. The molecule has 0 saturated carbocycles. The van der Waals surface area contributed by atoms with E-state index in [2.05, 4.69) is 32.8 Å². The van der Waals surface area contributed by atoms with Gasteiger partial charge >= 0.3 is 0 Å². The third-order valence-electron chi connectivity index (χ3n) is 4.04. The maximum absolute atomic E-state index is 11.6. The first-order valence-corrected chi connectivity index (χ1v) is 7.64. The van der Waals surface area contributed by atoms with Crippen LogP contribution >= 0.6 is 0 Å². The van der Waals surface area contributed by atoms with Crippen molar-refractivity contribution in [2.75, 3.05) is 7.05 Å². The fourth-order valence-corrected chi connectivity index (χ4v) is 2.77. The lowest BCUT2D eigenvalue weighted by Crippen LogP contribution is -2.17. The molecule has 2 aromatic carbocycles. The molecule has 0 bridgehead atoms. The molecule has 0 unspecified atom stereocenters. The molecule has 0 fully saturated rings. The highest BCUT2D eigenvalue weighted by Gasteiger charge is 2.19. The highest BCUT2D eigenvalue weighted by molar-refractivity contribution is 6.13. The molecule has 0 spiro atoms. The summed E-state index contributed by atoms with van der Waals surface area (Å²) in [7, 11) is 1.61. The predicted octanol–water partition coefficient (Wildman–Crippen LogP) is 1.98. The Bertz CT molecular complexity index is 940. The van der Waals surface area contributed by atoms with Crippen LogP contribution in [-0.4, -0.2) is 33.7 Å². The van der Waals surface area contributed by atoms with Crippen LogP contribution in [0.5, 0.6) is 0 Å². The molecule has 118 valence electrons. The van der Waals surface area contributed by atoms with Crippen molar-refractivity contribution < 1.29 is 4.79 Å². The molecule has 6 heteroatoms. The summed E-state index contributed by atoms with van der Waals surface area (Å²) in [5.41, 5.74) is 5.38. The van der Waals surface area contributed by atoms with Gasteiger partial charge in [0.1, 0.15) is 5.69 Å². The first-order chi connectivity index (χ1) is 11.8. The number of benzene rings is 2. The van der Waals surface area contributed by atoms with Crippen LogP contribution in [0.1, 0.15) is 27.2 Å². The van der Waals surface area contributed by atoms with E-state index in [0.717, 1.165) is 22.7 Å². The SMILES string of the molecule is CNC(=O)c1ccc(-n2cc(C3=NCc4ccccc43)nn2)cc1. The number of rotatable bonds is 3. The zero-order valence-corrected chi connectivity index (χ0v) is 13.1. The van der Waals surface area contributed by atoms with Crippen molar-refractivity contribution in [1.82, 2.24) is 20.3 Å². The van der Waals surface area contributed by atoms with Crippen molar-refractivity contribution in [2.45, 2.75) is 6.54 Å². The molecule has 0 aliphatic carbocycles. The normalized spacial score (nSPS) is 12.6. The van der Waals surface area contributed by atoms with Crippen LogP contribution in [0, 0.1) is 0 Å². The molecule has 2 heterocycles. The Morgan fingerprint density at radius 3 is 2.71 bits per heavy atom. The fraction of sp³-hybridized carbons (Fsp3) is 0.111. The molecule has 0 atom stereocenters. The topological polar surface area (TPSA) is 72.2 Å². The molecule has 24 heavy (non-hydrogen) atoms. The van der Waals surface area contributed by atoms with E-state index in [4.69, 9.17) is 0 Å². The van der Waals surface area contributed by atoms with E-state index in [1.54, 1.807) is 23.9 Å². The molecular weight excluding hydrogens is 302 g/mol. The average molecular weight is 317 g/mol. The monoisotopic (exact) mass is 317 g/mol. The Balaban J connectivity index is 1.63. The second-order valence-electron chi connectivity index (χ2n) is 5.50. The Morgan fingerprint density at radius 1 is 1.12 bits per heavy atom. The molecule has 1 aliphatic rings. The summed E-state index contributed by atoms with van der Waals surface area (Å²) < 4.78 is 1.69. The highest BCUT2D eigenvalue weighted by atomic mass is 16.1. The summed E-state index contributed by atoms with van der Waals surface area (Å²) in [5.74, 6) is -0.113. The van der Waals surface area contributed by atoms with Gasteiger partial charge in [-0.05, 0) is 29.8 Å². The first-order valence-electron chi connectivity index (χ1n) is 7.64. The van der Waals surface area contributed by atoms with Crippen LogP contribution in [0.25, 0.3) is 5.69 Å². The molecular formula is C18H15N5O. The standard InChI is InChI=1S/C18H15N5O/c1-19-18(24)12-6-8-14(9-7-12)23-11-16(21-22-23)17-15-5-3-2-4-13(15)10-20-17/h2-9,11H,10H2,1H3,(H,19,24). The van der Waals surface area contributed by atoms with Gasteiger partial charge in [-0.2, -0.15) is 0 Å². The number of aliphatic imine (C=N–C) groups is 1. The zero-order valence-electron chi connectivity index (χ0n) is 13.1. The molecule has 3 aromatic rings. The van der Waals surface area contributed by atoms with Gasteiger partial charge in [-0.3, -0.25) is 9.79 Å². The fourth-order valence-electron chi connectivity index (χ4n) is 2.77. The summed E-state index contributed by atoms with van der Waals surface area (Å²) in [6.45, 7) is 0.680.